The molecule has 0 aliphatic carbocycles. The van der Waals surface area contributed by atoms with E-state index in [1.54, 1.807) is 6.20 Å². The Kier molecular flexibility index (Phi) is 3.56. The van der Waals surface area contributed by atoms with Crippen LogP contribution in [0.2, 0.25) is 0 Å². The van der Waals surface area contributed by atoms with E-state index >= 15 is 0 Å². The van der Waals surface area contributed by atoms with Crippen molar-refractivity contribution in [1.82, 2.24) is 4.98 Å². The second kappa shape index (κ2) is 6.47. The molecule has 2 nitrogen and oxygen atoms in total. The van der Waals surface area contributed by atoms with Gasteiger partial charge in [-0.2, -0.15) is 0 Å². The Morgan fingerprint density at radius 2 is 1.42 bits per heavy atom. The Morgan fingerprint density at radius 1 is 0.750 bits per heavy atom. The molecule has 0 N–H and O–H groups in total. The molecule has 0 bridgehead atoms. The molecule has 0 saturated heterocycles. The van der Waals surface area contributed by atoms with Crippen molar-refractivity contribution in [3.8, 4) is 0 Å². The van der Waals surface area contributed by atoms with Gasteiger partial charge in [-0.3, -0.25) is 4.98 Å². The van der Waals surface area contributed by atoms with Crippen molar-refractivity contribution in [2.45, 2.75) is 0 Å². The second-order valence-electron chi connectivity index (χ2n) is 5.52. The summed E-state index contributed by atoms with van der Waals surface area (Å²) < 4.78 is 7.90. The molecular formula is C22H16N2. The molecule has 0 atom stereocenters. The Bertz CT molecular complexity index is 1000. The summed E-state index contributed by atoms with van der Waals surface area (Å²) in [5.74, 6) is 0. The number of hydrogen-bond acceptors (Lipinski definition) is 2. The number of pyridine rings is 1. The minimum Gasteiger partial charge on any atom is -0.264 e. The number of benzene rings is 3. The molecule has 0 unspecified atom stereocenters. The Morgan fingerprint density at radius 3 is 2.08 bits per heavy atom. The van der Waals surface area contributed by atoms with Crippen LogP contribution < -0.4 is 0 Å². The number of fused-ring (bicyclic) bond motifs is 1. The van der Waals surface area contributed by atoms with E-state index in [1.165, 1.54) is 0 Å². The summed E-state index contributed by atoms with van der Waals surface area (Å²) in [7, 11) is 0. The van der Waals surface area contributed by atoms with E-state index in [9.17, 15) is 0 Å². The zero-order chi connectivity index (χ0) is 17.1. The lowest BCUT2D eigenvalue weighted by Crippen LogP contribution is -2.02. The fraction of sp³-hybridized carbons (Fsp3) is 0. The Hall–Kier alpha value is -3.26. The molecule has 3 aromatic carbocycles. The number of rotatable bonds is 3. The molecule has 0 aliphatic heterocycles. The third-order valence-electron chi connectivity index (χ3n) is 3.88. The zero-order valence-corrected chi connectivity index (χ0v) is 13.1. The Labute approximate surface area is 142 Å². The van der Waals surface area contributed by atoms with E-state index in [2.05, 4.69) is 29.2 Å². The molecule has 0 fully saturated rings. The molecule has 114 valence electrons. The maximum absolute atomic E-state index is 7.90. The monoisotopic (exact) mass is 309 g/mol. The normalized spacial score (nSPS) is 11.1. The van der Waals surface area contributed by atoms with Gasteiger partial charge >= 0.3 is 0 Å². The van der Waals surface area contributed by atoms with Crippen molar-refractivity contribution in [1.29, 1.82) is 0 Å². The first-order valence-corrected chi connectivity index (χ1v) is 7.86. The molecule has 0 saturated carbocycles. The molecule has 1 heterocycles. The first kappa shape index (κ1) is 13.2. The highest BCUT2D eigenvalue weighted by Crippen LogP contribution is 2.23. The maximum atomic E-state index is 7.90. The molecular weight excluding hydrogens is 292 g/mol. The van der Waals surface area contributed by atoms with Gasteiger partial charge in [0, 0.05) is 28.9 Å². The third kappa shape index (κ3) is 2.95. The van der Waals surface area contributed by atoms with E-state index in [0.717, 1.165) is 33.3 Å². The van der Waals surface area contributed by atoms with Crippen LogP contribution in [0.5, 0.6) is 0 Å². The summed E-state index contributed by atoms with van der Waals surface area (Å²) in [6, 6.07) is 28.1. The van der Waals surface area contributed by atoms with Crippen LogP contribution in [0.3, 0.4) is 0 Å². The van der Waals surface area contributed by atoms with Crippen LogP contribution >= 0.6 is 0 Å². The van der Waals surface area contributed by atoms with Crippen molar-refractivity contribution in [3.63, 3.8) is 0 Å². The van der Waals surface area contributed by atoms with Crippen molar-refractivity contribution in [2.24, 2.45) is 4.99 Å². The predicted octanol–water partition coefficient (Wildman–Crippen LogP) is 5.40. The highest BCUT2D eigenvalue weighted by molar-refractivity contribution is 6.14. The lowest BCUT2D eigenvalue weighted by Gasteiger charge is -2.08. The number of hydrogen-bond donors (Lipinski definition) is 0. The first-order valence-electron chi connectivity index (χ1n) is 8.36. The molecule has 0 radical (unpaired) electrons. The lowest BCUT2D eigenvalue weighted by atomic mass is 10.0. The zero-order valence-electron chi connectivity index (χ0n) is 14.1. The average molecular weight is 309 g/mol. The highest BCUT2D eigenvalue weighted by Gasteiger charge is 2.07. The van der Waals surface area contributed by atoms with Crippen molar-refractivity contribution < 1.29 is 1.37 Å². The molecule has 2 heteroatoms. The quantitative estimate of drug-likeness (QED) is 0.465. The highest BCUT2D eigenvalue weighted by atomic mass is 14.7. The van der Waals surface area contributed by atoms with Crippen molar-refractivity contribution in [3.05, 3.63) is 108 Å². The van der Waals surface area contributed by atoms with Crippen LogP contribution in [-0.4, -0.2) is 10.7 Å². The molecule has 1 aromatic heterocycles. The summed E-state index contributed by atoms with van der Waals surface area (Å²) in [5, 5.41) is 1.81. The number of aliphatic imine (C=N–C) groups is 1. The fourth-order valence-electron chi connectivity index (χ4n) is 2.70. The van der Waals surface area contributed by atoms with Crippen LogP contribution in [0.15, 0.2) is 102 Å². The topological polar surface area (TPSA) is 25.2 Å². The van der Waals surface area contributed by atoms with Gasteiger partial charge in [0.2, 0.25) is 0 Å². The maximum Gasteiger partial charge on any atom is 0.0847 e. The van der Waals surface area contributed by atoms with Gasteiger partial charge in [0.05, 0.1) is 12.8 Å². The van der Waals surface area contributed by atoms with Crippen LogP contribution in [0.25, 0.3) is 10.8 Å². The van der Waals surface area contributed by atoms with Crippen molar-refractivity contribution in [2.75, 3.05) is 0 Å². The van der Waals surface area contributed by atoms with Gasteiger partial charge in [-0.15, -0.1) is 0 Å². The van der Waals surface area contributed by atoms with Gasteiger partial charge in [0.1, 0.15) is 0 Å². The summed E-state index contributed by atoms with van der Waals surface area (Å²) in [6.45, 7) is 0. The Balaban J connectivity index is 1.87. The van der Waals surface area contributed by atoms with Gasteiger partial charge in [-0.1, -0.05) is 66.7 Å². The average Bonchev–Trinajstić information content (AvgIpc) is 2.68. The molecule has 4 aromatic rings. The van der Waals surface area contributed by atoms with Gasteiger partial charge in [0.25, 0.3) is 0 Å². The molecule has 24 heavy (non-hydrogen) atoms. The predicted molar refractivity (Wildman–Crippen MR) is 99.9 cm³/mol. The van der Waals surface area contributed by atoms with Crippen molar-refractivity contribution >= 4 is 22.2 Å². The summed E-state index contributed by atoms with van der Waals surface area (Å²) in [6.07, 6.45) is 1.95. The molecule has 0 aliphatic rings. The van der Waals surface area contributed by atoms with E-state index < -0.39 is 0 Å². The van der Waals surface area contributed by atoms with E-state index in [4.69, 9.17) is 6.36 Å². The smallest absolute Gasteiger partial charge is 0.0847 e. The fourth-order valence-corrected chi connectivity index (χ4v) is 2.70. The van der Waals surface area contributed by atoms with Gasteiger partial charge in [-0.25, -0.2) is 4.99 Å². The van der Waals surface area contributed by atoms with Crippen LogP contribution in [-0.2, 0) is 0 Å². The molecule has 0 amide bonds. The van der Waals surface area contributed by atoms with Crippen LogP contribution in [0, 0.1) is 0 Å². The first-order chi connectivity index (χ1) is 12.3. The largest absolute Gasteiger partial charge is 0.264 e. The van der Waals surface area contributed by atoms with Gasteiger partial charge < -0.3 is 0 Å². The van der Waals surface area contributed by atoms with E-state index in [-0.39, 0.29) is 0 Å². The minimum absolute atomic E-state index is 0.291. The summed E-state index contributed by atoms with van der Waals surface area (Å²) in [5.41, 5.74) is 3.94. The SMILES string of the molecule is [2H]c1nccc2cc(N=C(c3ccccc3)c3ccccc3)ccc12. The summed E-state index contributed by atoms with van der Waals surface area (Å²) in [4.78, 5) is 8.94. The third-order valence-corrected chi connectivity index (χ3v) is 3.88. The second-order valence-corrected chi connectivity index (χ2v) is 5.52. The van der Waals surface area contributed by atoms with Crippen LogP contribution in [0.1, 0.15) is 12.5 Å². The minimum atomic E-state index is 0.291. The van der Waals surface area contributed by atoms with Crippen LogP contribution in [0.4, 0.5) is 5.69 Å². The van der Waals surface area contributed by atoms with E-state index in [0.29, 0.717) is 6.17 Å². The lowest BCUT2D eigenvalue weighted by molar-refractivity contribution is 1.36. The van der Waals surface area contributed by atoms with E-state index in [1.807, 2.05) is 60.7 Å². The standard InChI is InChI=1S/C22H16N2/c1-3-7-17(8-4-1)22(18-9-5-2-6-10-18)24-21-12-11-20-16-23-14-13-19(20)15-21/h1-16H/i16D. The van der Waals surface area contributed by atoms with Gasteiger partial charge in [0.15, 0.2) is 0 Å². The summed E-state index contributed by atoms with van der Waals surface area (Å²) >= 11 is 0. The van der Waals surface area contributed by atoms with Gasteiger partial charge in [-0.05, 0) is 23.6 Å². The molecule has 0 spiro atoms. The number of aromatic nitrogens is 1. The molecule has 4 rings (SSSR count). The number of nitrogens with zero attached hydrogens (tertiary/aromatic N) is 2.